The molecule has 0 aromatic heterocycles. The summed E-state index contributed by atoms with van der Waals surface area (Å²) in [6.07, 6.45) is 1.01. The Morgan fingerprint density at radius 3 is 2.10 bits per heavy atom. The quantitative estimate of drug-likeness (QED) is 0.706. The third-order valence-corrected chi connectivity index (χ3v) is 3.21. The van der Waals surface area contributed by atoms with Gasteiger partial charge >= 0.3 is 0 Å². The first-order valence-electron chi connectivity index (χ1n) is 6.87. The highest BCUT2D eigenvalue weighted by molar-refractivity contribution is 6.33. The molecule has 20 heavy (non-hydrogen) atoms. The van der Waals surface area contributed by atoms with E-state index in [1.807, 2.05) is 37.3 Å². The molecule has 0 aliphatic heterocycles. The maximum Gasteiger partial charge on any atom is 0.119 e. The average molecular weight is 287 g/mol. The van der Waals surface area contributed by atoms with Crippen molar-refractivity contribution in [1.82, 2.24) is 0 Å². The van der Waals surface area contributed by atoms with Gasteiger partial charge in [0, 0.05) is 10.6 Å². The number of halogens is 1. The Morgan fingerprint density at radius 2 is 1.55 bits per heavy atom. The average Bonchev–Trinajstić information content (AvgIpc) is 2.47. The minimum absolute atomic E-state index is 0.745. The topological polar surface area (TPSA) is 9.23 Å². The number of ether oxygens (including phenoxy) is 1. The highest BCUT2D eigenvalue weighted by atomic mass is 35.5. The summed E-state index contributed by atoms with van der Waals surface area (Å²) in [5.74, 6) is 0.898. The Kier molecular flexibility index (Phi) is 5.25. The summed E-state index contributed by atoms with van der Waals surface area (Å²) in [6.45, 7) is 4.77. The number of rotatable bonds is 5. The molecule has 0 heterocycles. The van der Waals surface area contributed by atoms with Crippen molar-refractivity contribution in [2.45, 2.75) is 20.3 Å². The maximum atomic E-state index is 6.28. The lowest BCUT2D eigenvalue weighted by Gasteiger charge is -2.11. The lowest BCUT2D eigenvalue weighted by atomic mass is 9.98. The molecule has 0 bridgehead atoms. The molecule has 0 saturated heterocycles. The van der Waals surface area contributed by atoms with Crippen LogP contribution in [0.3, 0.4) is 0 Å². The van der Waals surface area contributed by atoms with Crippen molar-refractivity contribution in [2.24, 2.45) is 0 Å². The molecule has 104 valence electrons. The van der Waals surface area contributed by atoms with Crippen LogP contribution in [0.5, 0.6) is 5.75 Å². The van der Waals surface area contributed by atoms with E-state index in [1.54, 1.807) is 0 Å². The summed E-state index contributed by atoms with van der Waals surface area (Å²) >= 11 is 6.28. The lowest BCUT2D eigenvalue weighted by molar-refractivity contribution is 0.317. The molecule has 0 aliphatic rings. The van der Waals surface area contributed by atoms with Crippen molar-refractivity contribution >= 4 is 17.2 Å². The van der Waals surface area contributed by atoms with Crippen LogP contribution in [0.15, 0.2) is 59.6 Å². The van der Waals surface area contributed by atoms with E-state index in [-0.39, 0.29) is 0 Å². The Hall–Kier alpha value is -1.73. The third-order valence-electron chi connectivity index (χ3n) is 3.02. The number of hydrogen-bond acceptors (Lipinski definition) is 1. The van der Waals surface area contributed by atoms with Crippen LogP contribution in [-0.2, 0) is 0 Å². The van der Waals surface area contributed by atoms with E-state index in [0.29, 0.717) is 0 Å². The van der Waals surface area contributed by atoms with Crippen molar-refractivity contribution in [3.8, 4) is 5.75 Å². The second kappa shape index (κ2) is 7.16. The van der Waals surface area contributed by atoms with Crippen LogP contribution in [0.2, 0.25) is 0 Å². The molecule has 0 atom stereocenters. The summed E-state index contributed by atoms with van der Waals surface area (Å²) in [6, 6.07) is 18.3. The Balaban J connectivity index is 2.30. The normalized spacial score (nSPS) is 11.9. The zero-order chi connectivity index (χ0) is 14.4. The van der Waals surface area contributed by atoms with E-state index in [2.05, 4.69) is 31.2 Å². The van der Waals surface area contributed by atoms with E-state index in [0.717, 1.165) is 40.5 Å². The molecule has 0 fully saturated rings. The number of allylic oxidation sites excluding steroid dienone is 1. The van der Waals surface area contributed by atoms with Crippen LogP contribution in [0.4, 0.5) is 0 Å². The Morgan fingerprint density at radius 1 is 0.950 bits per heavy atom. The zero-order valence-corrected chi connectivity index (χ0v) is 12.7. The molecule has 0 N–H and O–H groups in total. The summed E-state index contributed by atoms with van der Waals surface area (Å²) in [4.78, 5) is 0. The van der Waals surface area contributed by atoms with Crippen LogP contribution < -0.4 is 4.74 Å². The molecular formula is C18H19ClO. The van der Waals surface area contributed by atoms with Crippen molar-refractivity contribution in [3.05, 3.63) is 70.8 Å². The van der Waals surface area contributed by atoms with Crippen LogP contribution in [0.1, 0.15) is 31.4 Å². The van der Waals surface area contributed by atoms with Crippen LogP contribution in [0.25, 0.3) is 5.57 Å². The molecule has 2 aromatic rings. The van der Waals surface area contributed by atoms with Crippen molar-refractivity contribution in [3.63, 3.8) is 0 Å². The number of hydrogen-bond donors (Lipinski definition) is 0. The van der Waals surface area contributed by atoms with Gasteiger partial charge in [0.05, 0.1) is 6.61 Å². The van der Waals surface area contributed by atoms with Gasteiger partial charge in [-0.2, -0.15) is 0 Å². The first kappa shape index (κ1) is 14.7. The Labute approximate surface area is 125 Å². The van der Waals surface area contributed by atoms with E-state index >= 15 is 0 Å². The predicted octanol–water partition coefficient (Wildman–Crippen LogP) is 5.49. The van der Waals surface area contributed by atoms with Crippen molar-refractivity contribution in [2.75, 3.05) is 6.61 Å². The fourth-order valence-electron chi connectivity index (χ4n) is 2.11. The molecule has 0 radical (unpaired) electrons. The minimum Gasteiger partial charge on any atom is -0.494 e. The van der Waals surface area contributed by atoms with E-state index in [4.69, 9.17) is 16.3 Å². The summed E-state index contributed by atoms with van der Waals surface area (Å²) in [5, 5.41) is 0.790. The fourth-order valence-corrected chi connectivity index (χ4v) is 2.33. The molecule has 2 aromatic carbocycles. The number of benzene rings is 2. The Bertz CT molecular complexity index is 566. The first-order chi connectivity index (χ1) is 9.72. The zero-order valence-electron chi connectivity index (χ0n) is 11.9. The van der Waals surface area contributed by atoms with Crippen LogP contribution >= 0.6 is 11.6 Å². The molecule has 2 heteroatoms. The smallest absolute Gasteiger partial charge is 0.119 e. The largest absolute Gasteiger partial charge is 0.494 e. The van der Waals surface area contributed by atoms with E-state index in [9.17, 15) is 0 Å². The van der Waals surface area contributed by atoms with Crippen LogP contribution in [0, 0.1) is 0 Å². The first-order valence-corrected chi connectivity index (χ1v) is 7.25. The standard InChI is InChI=1S/C18H19ClO/c1-3-13-20-17-11-9-16(10-12-17)18(14(2)19)15-7-5-4-6-8-15/h4-12H,3,13H2,1-2H3/b18-14-. The maximum absolute atomic E-state index is 6.28. The van der Waals surface area contributed by atoms with Gasteiger partial charge in [0.2, 0.25) is 0 Å². The van der Waals surface area contributed by atoms with E-state index < -0.39 is 0 Å². The van der Waals surface area contributed by atoms with Gasteiger partial charge in [-0.15, -0.1) is 0 Å². The fraction of sp³-hybridized carbons (Fsp3) is 0.222. The van der Waals surface area contributed by atoms with Crippen molar-refractivity contribution < 1.29 is 4.74 Å². The summed E-state index contributed by atoms with van der Waals surface area (Å²) in [5.41, 5.74) is 3.30. The van der Waals surface area contributed by atoms with Gasteiger partial charge in [-0.25, -0.2) is 0 Å². The third kappa shape index (κ3) is 3.64. The van der Waals surface area contributed by atoms with Gasteiger partial charge in [-0.3, -0.25) is 0 Å². The van der Waals surface area contributed by atoms with Gasteiger partial charge in [-0.05, 0) is 36.6 Å². The van der Waals surface area contributed by atoms with Gasteiger partial charge in [0.25, 0.3) is 0 Å². The van der Waals surface area contributed by atoms with Gasteiger partial charge in [0.15, 0.2) is 0 Å². The predicted molar refractivity (Wildman–Crippen MR) is 86.2 cm³/mol. The highest BCUT2D eigenvalue weighted by Crippen LogP contribution is 2.29. The molecule has 2 rings (SSSR count). The SMILES string of the molecule is CCCOc1ccc(/C(=C(/C)Cl)c2ccccc2)cc1. The van der Waals surface area contributed by atoms with E-state index in [1.165, 1.54) is 0 Å². The summed E-state index contributed by atoms with van der Waals surface area (Å²) in [7, 11) is 0. The van der Waals surface area contributed by atoms with Crippen molar-refractivity contribution in [1.29, 1.82) is 0 Å². The molecule has 1 nitrogen and oxygen atoms in total. The second-order valence-electron chi connectivity index (χ2n) is 4.65. The van der Waals surface area contributed by atoms with Gasteiger partial charge in [0.1, 0.15) is 5.75 Å². The molecular weight excluding hydrogens is 268 g/mol. The highest BCUT2D eigenvalue weighted by Gasteiger charge is 2.08. The monoisotopic (exact) mass is 286 g/mol. The minimum atomic E-state index is 0.745. The van der Waals surface area contributed by atoms with Gasteiger partial charge < -0.3 is 4.74 Å². The molecule has 0 unspecified atom stereocenters. The lowest BCUT2D eigenvalue weighted by Crippen LogP contribution is -1.95. The molecule has 0 aliphatic carbocycles. The second-order valence-corrected chi connectivity index (χ2v) is 5.21. The van der Waals surface area contributed by atoms with Gasteiger partial charge in [-0.1, -0.05) is 61.0 Å². The van der Waals surface area contributed by atoms with Crippen LogP contribution in [-0.4, -0.2) is 6.61 Å². The molecule has 0 spiro atoms. The summed E-state index contributed by atoms with van der Waals surface area (Å²) < 4.78 is 5.61. The molecule has 0 saturated carbocycles. The molecule has 0 amide bonds.